The lowest BCUT2D eigenvalue weighted by Gasteiger charge is -2.10. The first-order chi connectivity index (χ1) is 5.55. The Labute approximate surface area is 68.0 Å². The van der Waals surface area contributed by atoms with Crippen LogP contribution in [-0.4, -0.2) is 5.91 Å². The second-order valence-electron chi connectivity index (χ2n) is 2.27. The van der Waals surface area contributed by atoms with Gasteiger partial charge in [-0.15, -0.1) is 0 Å². The van der Waals surface area contributed by atoms with Gasteiger partial charge in [-0.1, -0.05) is 30.3 Å². The molecule has 1 rings (SSSR count). The molecule has 0 unspecified atom stereocenters. The molecule has 12 heavy (non-hydrogen) atoms. The Morgan fingerprint density at radius 3 is 2.17 bits per heavy atom. The van der Waals surface area contributed by atoms with Gasteiger partial charge in [0.1, 0.15) is 0 Å². The van der Waals surface area contributed by atoms with E-state index in [1.807, 2.05) is 0 Å². The van der Waals surface area contributed by atoms with E-state index in [1.54, 1.807) is 6.07 Å². The largest absolute Gasteiger partial charge is 0.351 e. The fourth-order valence-electron chi connectivity index (χ4n) is 0.779. The minimum absolute atomic E-state index is 0.440. The van der Waals surface area contributed by atoms with Crippen LogP contribution in [-0.2, 0) is 10.7 Å². The highest BCUT2D eigenvalue weighted by Gasteiger charge is 2.38. The van der Waals surface area contributed by atoms with Crippen LogP contribution in [0.15, 0.2) is 30.3 Å². The quantitative estimate of drug-likeness (QED) is 0.664. The van der Waals surface area contributed by atoms with E-state index in [0.29, 0.717) is 0 Å². The van der Waals surface area contributed by atoms with Gasteiger partial charge in [0, 0.05) is 5.56 Å². The SMILES string of the molecule is [NH]C(=O)C(F)(F)c1ccccc1. The highest BCUT2D eigenvalue weighted by Crippen LogP contribution is 2.27. The van der Waals surface area contributed by atoms with E-state index in [2.05, 4.69) is 0 Å². The lowest BCUT2D eigenvalue weighted by molar-refractivity contribution is -0.144. The summed E-state index contributed by atoms with van der Waals surface area (Å²) in [5.41, 5.74) is 5.89. The fraction of sp³-hybridized carbons (Fsp3) is 0.125. The third kappa shape index (κ3) is 1.42. The van der Waals surface area contributed by atoms with Gasteiger partial charge in [-0.25, -0.2) is 0 Å². The van der Waals surface area contributed by atoms with Crippen LogP contribution in [0.1, 0.15) is 5.56 Å². The van der Waals surface area contributed by atoms with E-state index in [9.17, 15) is 13.6 Å². The maximum atomic E-state index is 12.7. The van der Waals surface area contributed by atoms with Gasteiger partial charge in [0.05, 0.1) is 0 Å². The molecule has 1 aromatic rings. The lowest BCUT2D eigenvalue weighted by atomic mass is 10.1. The normalized spacial score (nSPS) is 11.2. The van der Waals surface area contributed by atoms with Crippen LogP contribution >= 0.6 is 0 Å². The summed E-state index contributed by atoms with van der Waals surface area (Å²) in [5, 5.41) is 0. The minimum atomic E-state index is -3.68. The van der Waals surface area contributed by atoms with Gasteiger partial charge in [-0.2, -0.15) is 8.78 Å². The van der Waals surface area contributed by atoms with Gasteiger partial charge in [0.2, 0.25) is 0 Å². The molecule has 4 heteroatoms. The molecule has 0 aromatic heterocycles. The Hall–Kier alpha value is -1.45. The zero-order valence-electron chi connectivity index (χ0n) is 6.05. The maximum Gasteiger partial charge on any atom is 0.351 e. The summed E-state index contributed by atoms with van der Waals surface area (Å²) in [5.74, 6) is -5.56. The number of alkyl halides is 2. The Morgan fingerprint density at radius 2 is 1.75 bits per heavy atom. The molecule has 0 heterocycles. The van der Waals surface area contributed by atoms with Crippen molar-refractivity contribution in [3.05, 3.63) is 35.9 Å². The molecular weight excluding hydrogens is 164 g/mol. The average Bonchev–Trinajstić information content (AvgIpc) is 2.06. The summed E-state index contributed by atoms with van der Waals surface area (Å²) < 4.78 is 25.5. The van der Waals surface area contributed by atoms with Crippen molar-refractivity contribution >= 4 is 5.91 Å². The number of hydrogen-bond donors (Lipinski definition) is 0. The molecular formula is C8H6F2NO. The van der Waals surface area contributed by atoms with E-state index in [4.69, 9.17) is 5.73 Å². The summed E-state index contributed by atoms with van der Waals surface area (Å²) in [4.78, 5) is 10.2. The molecule has 2 nitrogen and oxygen atoms in total. The van der Waals surface area contributed by atoms with Crippen LogP contribution in [0.25, 0.3) is 0 Å². The number of rotatable bonds is 2. The van der Waals surface area contributed by atoms with Gasteiger partial charge in [0.25, 0.3) is 0 Å². The van der Waals surface area contributed by atoms with Crippen molar-refractivity contribution in [2.45, 2.75) is 5.92 Å². The zero-order chi connectivity index (χ0) is 9.19. The van der Waals surface area contributed by atoms with E-state index in [-0.39, 0.29) is 0 Å². The number of halogens is 2. The van der Waals surface area contributed by atoms with Crippen LogP contribution in [0.4, 0.5) is 8.78 Å². The summed E-state index contributed by atoms with van der Waals surface area (Å²) in [6, 6.07) is 6.59. The molecule has 0 saturated heterocycles. The molecule has 63 valence electrons. The first kappa shape index (κ1) is 8.64. The van der Waals surface area contributed by atoms with Crippen molar-refractivity contribution in [3.63, 3.8) is 0 Å². The summed E-state index contributed by atoms with van der Waals surface area (Å²) in [7, 11) is 0. The topological polar surface area (TPSA) is 40.9 Å². The summed E-state index contributed by atoms with van der Waals surface area (Å²) in [6.45, 7) is 0. The molecule has 0 aliphatic rings. The predicted octanol–water partition coefficient (Wildman–Crippen LogP) is 1.59. The van der Waals surface area contributed by atoms with Crippen LogP contribution in [0.2, 0.25) is 0 Å². The zero-order valence-corrected chi connectivity index (χ0v) is 6.05. The smallest absolute Gasteiger partial charge is 0.266 e. The molecule has 0 fully saturated rings. The van der Waals surface area contributed by atoms with Crippen LogP contribution in [0, 0.1) is 0 Å². The molecule has 1 radical (unpaired) electrons. The van der Waals surface area contributed by atoms with Gasteiger partial charge in [-0.3, -0.25) is 10.5 Å². The van der Waals surface area contributed by atoms with Crippen LogP contribution in [0.5, 0.6) is 0 Å². The molecule has 0 bridgehead atoms. The number of hydrogen-bond acceptors (Lipinski definition) is 1. The van der Waals surface area contributed by atoms with Crippen molar-refractivity contribution < 1.29 is 13.6 Å². The number of carbonyl (C=O) groups excluding carboxylic acids is 1. The number of nitrogens with one attached hydrogen (secondary N) is 1. The Morgan fingerprint density at radius 1 is 1.25 bits per heavy atom. The van der Waals surface area contributed by atoms with Crippen molar-refractivity contribution in [1.82, 2.24) is 5.73 Å². The van der Waals surface area contributed by atoms with Crippen molar-refractivity contribution in [1.29, 1.82) is 0 Å². The second kappa shape index (κ2) is 2.89. The number of benzene rings is 1. The lowest BCUT2D eigenvalue weighted by Crippen LogP contribution is -2.26. The van der Waals surface area contributed by atoms with Gasteiger partial charge in [-0.05, 0) is 0 Å². The fourth-order valence-corrected chi connectivity index (χ4v) is 0.779. The molecule has 0 saturated carbocycles. The number of carbonyl (C=O) groups is 1. The van der Waals surface area contributed by atoms with Crippen molar-refractivity contribution in [3.8, 4) is 0 Å². The maximum absolute atomic E-state index is 12.7. The third-order valence-corrected chi connectivity index (χ3v) is 1.42. The Bertz CT molecular complexity index is 284. The van der Waals surface area contributed by atoms with E-state index < -0.39 is 17.4 Å². The highest BCUT2D eigenvalue weighted by atomic mass is 19.3. The second-order valence-corrected chi connectivity index (χ2v) is 2.27. The molecule has 0 aliphatic heterocycles. The van der Waals surface area contributed by atoms with Gasteiger partial charge >= 0.3 is 11.8 Å². The van der Waals surface area contributed by atoms with Crippen molar-refractivity contribution in [2.24, 2.45) is 0 Å². The standard InChI is InChI=1S/C8H6F2NO/c9-8(10,7(11)12)6-4-2-1-3-5-6/h1-5,11H. The number of amides is 1. The summed E-state index contributed by atoms with van der Waals surface area (Å²) in [6.07, 6.45) is 0. The van der Waals surface area contributed by atoms with Crippen molar-refractivity contribution in [2.75, 3.05) is 0 Å². The first-order valence-corrected chi connectivity index (χ1v) is 3.24. The molecule has 0 spiro atoms. The third-order valence-electron chi connectivity index (χ3n) is 1.42. The monoisotopic (exact) mass is 170 g/mol. The first-order valence-electron chi connectivity index (χ1n) is 3.24. The molecule has 0 atom stereocenters. The summed E-state index contributed by atoms with van der Waals surface area (Å²) >= 11 is 0. The van der Waals surface area contributed by atoms with E-state index in [1.165, 1.54) is 12.1 Å². The molecule has 0 aliphatic carbocycles. The predicted molar refractivity (Wildman–Crippen MR) is 38.4 cm³/mol. The van der Waals surface area contributed by atoms with E-state index >= 15 is 0 Å². The molecule has 1 N–H and O–H groups in total. The van der Waals surface area contributed by atoms with E-state index in [0.717, 1.165) is 12.1 Å². The average molecular weight is 170 g/mol. The van der Waals surface area contributed by atoms with Gasteiger partial charge < -0.3 is 0 Å². The van der Waals surface area contributed by atoms with Gasteiger partial charge in [0.15, 0.2) is 0 Å². The Balaban J connectivity index is 3.06. The Kier molecular flexibility index (Phi) is 2.08. The minimum Gasteiger partial charge on any atom is -0.266 e. The van der Waals surface area contributed by atoms with Crippen LogP contribution in [0.3, 0.4) is 0 Å². The highest BCUT2D eigenvalue weighted by molar-refractivity contribution is 5.82. The van der Waals surface area contributed by atoms with Crippen LogP contribution < -0.4 is 5.73 Å². The molecule has 1 aromatic carbocycles. The molecule has 1 amide bonds.